The predicted molar refractivity (Wildman–Crippen MR) is 99.5 cm³/mol. The molecule has 2 amide bonds. The molecular formula is C20H18FN5O2. The zero-order valence-electron chi connectivity index (χ0n) is 14.9. The highest BCUT2D eigenvalue weighted by atomic mass is 19.1. The van der Waals surface area contributed by atoms with Crippen LogP contribution in [0.4, 0.5) is 4.39 Å². The second kappa shape index (κ2) is 7.59. The minimum atomic E-state index is -0.313. The van der Waals surface area contributed by atoms with Gasteiger partial charge in [0.1, 0.15) is 12.1 Å². The van der Waals surface area contributed by atoms with Gasteiger partial charge in [-0.3, -0.25) is 14.7 Å². The van der Waals surface area contributed by atoms with Crippen LogP contribution in [0.2, 0.25) is 0 Å². The average molecular weight is 379 g/mol. The van der Waals surface area contributed by atoms with Crippen molar-refractivity contribution in [2.75, 3.05) is 6.54 Å². The summed E-state index contributed by atoms with van der Waals surface area (Å²) in [5.41, 5.74) is 1.95. The quantitative estimate of drug-likeness (QED) is 0.711. The Morgan fingerprint density at radius 1 is 1.21 bits per heavy atom. The maximum atomic E-state index is 13.0. The van der Waals surface area contributed by atoms with Gasteiger partial charge in [-0.1, -0.05) is 30.3 Å². The summed E-state index contributed by atoms with van der Waals surface area (Å²) < 4.78 is 13.0. The zero-order valence-corrected chi connectivity index (χ0v) is 14.9. The van der Waals surface area contributed by atoms with Crippen molar-refractivity contribution in [1.82, 2.24) is 25.4 Å². The van der Waals surface area contributed by atoms with Gasteiger partial charge in [0.15, 0.2) is 5.82 Å². The Morgan fingerprint density at radius 2 is 2.00 bits per heavy atom. The molecule has 8 heteroatoms. The molecule has 2 aromatic carbocycles. The predicted octanol–water partition coefficient (Wildman–Crippen LogP) is 2.14. The number of H-pyrrole nitrogens is 1. The van der Waals surface area contributed by atoms with E-state index in [9.17, 15) is 14.0 Å². The number of hydrogen-bond acceptors (Lipinski definition) is 4. The maximum absolute atomic E-state index is 13.0. The largest absolute Gasteiger partial charge is 0.347 e. The summed E-state index contributed by atoms with van der Waals surface area (Å²) in [5.74, 6) is -0.121. The third kappa shape index (κ3) is 3.75. The van der Waals surface area contributed by atoms with Crippen molar-refractivity contribution in [3.63, 3.8) is 0 Å². The molecular weight excluding hydrogens is 361 g/mol. The Bertz CT molecular complexity index is 988. The van der Waals surface area contributed by atoms with Crippen molar-refractivity contribution in [3.8, 4) is 11.4 Å². The van der Waals surface area contributed by atoms with Gasteiger partial charge < -0.3 is 10.2 Å². The first kappa shape index (κ1) is 17.8. The SMILES string of the molecule is O=C(N[C@@H]1CC(=O)N(Cc2ccc(F)cc2)C1)c1ccccc1-c1ncn[nH]1. The van der Waals surface area contributed by atoms with Crippen molar-refractivity contribution in [1.29, 1.82) is 0 Å². The van der Waals surface area contributed by atoms with Gasteiger partial charge in [0.2, 0.25) is 5.91 Å². The molecule has 1 aliphatic rings. The average Bonchev–Trinajstić information content (AvgIpc) is 3.34. The molecule has 0 spiro atoms. The Labute approximate surface area is 160 Å². The van der Waals surface area contributed by atoms with Crippen molar-refractivity contribution in [2.45, 2.75) is 19.0 Å². The van der Waals surface area contributed by atoms with Crippen LogP contribution in [0.5, 0.6) is 0 Å². The van der Waals surface area contributed by atoms with Crippen LogP contribution in [0.1, 0.15) is 22.3 Å². The lowest BCUT2D eigenvalue weighted by molar-refractivity contribution is -0.128. The second-order valence-corrected chi connectivity index (χ2v) is 6.65. The first-order chi connectivity index (χ1) is 13.6. The number of likely N-dealkylation sites (tertiary alicyclic amines) is 1. The van der Waals surface area contributed by atoms with Gasteiger partial charge in [-0.25, -0.2) is 9.37 Å². The van der Waals surface area contributed by atoms with E-state index >= 15 is 0 Å². The van der Waals surface area contributed by atoms with E-state index in [-0.39, 0.29) is 30.1 Å². The van der Waals surface area contributed by atoms with Gasteiger partial charge in [0.05, 0.1) is 11.6 Å². The molecule has 2 heterocycles. The minimum Gasteiger partial charge on any atom is -0.347 e. The number of aromatic nitrogens is 3. The number of nitrogens with zero attached hydrogens (tertiary/aromatic N) is 3. The van der Waals surface area contributed by atoms with Crippen LogP contribution < -0.4 is 5.32 Å². The first-order valence-electron chi connectivity index (χ1n) is 8.88. The molecule has 1 saturated heterocycles. The van der Waals surface area contributed by atoms with E-state index in [1.54, 1.807) is 35.2 Å². The summed E-state index contributed by atoms with van der Waals surface area (Å²) in [4.78, 5) is 30.9. The standard InChI is InChI=1S/C20H18FN5O2/c21-14-7-5-13(6-8-14)10-26-11-15(9-18(26)27)24-20(28)17-4-2-1-3-16(17)19-22-12-23-25-19/h1-8,12,15H,9-11H2,(H,24,28)(H,22,23,25)/t15-/m1/s1. The van der Waals surface area contributed by atoms with Gasteiger partial charge in [-0.05, 0) is 23.8 Å². The summed E-state index contributed by atoms with van der Waals surface area (Å²) in [6.45, 7) is 0.798. The molecule has 0 unspecified atom stereocenters. The lowest BCUT2D eigenvalue weighted by Gasteiger charge is -2.17. The third-order valence-electron chi connectivity index (χ3n) is 4.68. The third-order valence-corrected chi connectivity index (χ3v) is 4.68. The highest BCUT2D eigenvalue weighted by molar-refractivity contribution is 6.00. The van der Waals surface area contributed by atoms with Crippen molar-refractivity contribution >= 4 is 11.8 Å². The topological polar surface area (TPSA) is 91.0 Å². The van der Waals surface area contributed by atoms with E-state index < -0.39 is 0 Å². The fraction of sp³-hybridized carbons (Fsp3) is 0.200. The molecule has 1 fully saturated rings. The van der Waals surface area contributed by atoms with Crippen molar-refractivity contribution in [2.24, 2.45) is 0 Å². The first-order valence-corrected chi connectivity index (χ1v) is 8.88. The summed E-state index contributed by atoms with van der Waals surface area (Å²) in [6, 6.07) is 12.8. The smallest absolute Gasteiger partial charge is 0.252 e. The maximum Gasteiger partial charge on any atom is 0.252 e. The van der Waals surface area contributed by atoms with E-state index in [0.29, 0.717) is 30.0 Å². The van der Waals surface area contributed by atoms with Crippen LogP contribution in [0.3, 0.4) is 0 Å². The molecule has 1 atom stereocenters. The summed E-state index contributed by atoms with van der Waals surface area (Å²) in [5, 5.41) is 9.51. The Kier molecular flexibility index (Phi) is 4.84. The van der Waals surface area contributed by atoms with E-state index in [2.05, 4.69) is 20.5 Å². The highest BCUT2D eigenvalue weighted by Gasteiger charge is 2.31. The molecule has 0 aliphatic carbocycles. The lowest BCUT2D eigenvalue weighted by Crippen LogP contribution is -2.37. The monoisotopic (exact) mass is 379 g/mol. The molecule has 0 saturated carbocycles. The molecule has 1 aromatic heterocycles. The molecule has 0 bridgehead atoms. The van der Waals surface area contributed by atoms with Gasteiger partial charge >= 0.3 is 0 Å². The van der Waals surface area contributed by atoms with Gasteiger partial charge in [0, 0.05) is 25.1 Å². The molecule has 1 aliphatic heterocycles. The second-order valence-electron chi connectivity index (χ2n) is 6.65. The molecule has 4 rings (SSSR count). The van der Waals surface area contributed by atoms with Gasteiger partial charge in [-0.2, -0.15) is 5.10 Å². The van der Waals surface area contributed by atoms with E-state index in [0.717, 1.165) is 5.56 Å². The van der Waals surface area contributed by atoms with Crippen molar-refractivity contribution < 1.29 is 14.0 Å². The minimum absolute atomic E-state index is 0.0434. The fourth-order valence-electron chi connectivity index (χ4n) is 3.32. The number of carbonyl (C=O) groups is 2. The number of hydrogen-bond donors (Lipinski definition) is 2. The van der Waals surface area contributed by atoms with Gasteiger partial charge in [-0.15, -0.1) is 0 Å². The van der Waals surface area contributed by atoms with E-state index in [4.69, 9.17) is 0 Å². The fourth-order valence-corrected chi connectivity index (χ4v) is 3.32. The molecule has 142 valence electrons. The molecule has 2 N–H and O–H groups in total. The van der Waals surface area contributed by atoms with Crippen LogP contribution in [0.15, 0.2) is 54.9 Å². The number of halogens is 1. The Balaban J connectivity index is 1.43. The normalized spacial score (nSPS) is 16.4. The van der Waals surface area contributed by atoms with Crippen LogP contribution in [-0.2, 0) is 11.3 Å². The number of aromatic amines is 1. The van der Waals surface area contributed by atoms with Crippen LogP contribution in [-0.4, -0.2) is 44.5 Å². The molecule has 28 heavy (non-hydrogen) atoms. The van der Waals surface area contributed by atoms with Gasteiger partial charge in [0.25, 0.3) is 5.91 Å². The molecule has 3 aromatic rings. The summed E-state index contributed by atoms with van der Waals surface area (Å²) >= 11 is 0. The number of rotatable bonds is 5. The number of nitrogens with one attached hydrogen (secondary N) is 2. The van der Waals surface area contributed by atoms with E-state index in [1.807, 2.05) is 6.07 Å². The van der Waals surface area contributed by atoms with Crippen LogP contribution >= 0.6 is 0 Å². The summed E-state index contributed by atoms with van der Waals surface area (Å²) in [7, 11) is 0. The zero-order chi connectivity index (χ0) is 19.5. The van der Waals surface area contributed by atoms with Crippen LogP contribution in [0, 0.1) is 5.82 Å². The Morgan fingerprint density at radius 3 is 2.75 bits per heavy atom. The highest BCUT2D eigenvalue weighted by Crippen LogP contribution is 2.21. The molecule has 0 radical (unpaired) electrons. The number of benzene rings is 2. The van der Waals surface area contributed by atoms with Crippen molar-refractivity contribution in [3.05, 3.63) is 71.8 Å². The molecule has 7 nitrogen and oxygen atoms in total. The number of carbonyl (C=O) groups excluding carboxylic acids is 2. The summed E-state index contributed by atoms with van der Waals surface area (Å²) in [6.07, 6.45) is 1.62. The van der Waals surface area contributed by atoms with E-state index in [1.165, 1.54) is 18.5 Å². The Hall–Kier alpha value is -3.55. The number of amides is 2. The van der Waals surface area contributed by atoms with Crippen LogP contribution in [0.25, 0.3) is 11.4 Å². The lowest BCUT2D eigenvalue weighted by atomic mass is 10.1.